The standard InChI is InChI=1S/C10H17NS/c1-3-5-9(6-4-2)10-7-8-11-12-10/h7-9H,3-6H2,1-2H3. The lowest BCUT2D eigenvalue weighted by molar-refractivity contribution is 0.569. The van der Waals surface area contributed by atoms with E-state index >= 15 is 0 Å². The van der Waals surface area contributed by atoms with E-state index in [-0.39, 0.29) is 0 Å². The molecule has 0 aliphatic heterocycles. The smallest absolute Gasteiger partial charge is 0.0409 e. The second-order valence-corrected chi connectivity index (χ2v) is 4.05. The van der Waals surface area contributed by atoms with Crippen LogP contribution in [0.25, 0.3) is 0 Å². The molecule has 0 aliphatic rings. The van der Waals surface area contributed by atoms with Gasteiger partial charge < -0.3 is 0 Å². The van der Waals surface area contributed by atoms with Crippen LogP contribution in [0, 0.1) is 0 Å². The Bertz CT molecular complexity index is 188. The summed E-state index contributed by atoms with van der Waals surface area (Å²) in [6, 6.07) is 2.17. The van der Waals surface area contributed by atoms with Gasteiger partial charge >= 0.3 is 0 Å². The molecule has 68 valence electrons. The highest BCUT2D eigenvalue weighted by Gasteiger charge is 2.10. The summed E-state index contributed by atoms with van der Waals surface area (Å²) in [5.41, 5.74) is 0. The minimum atomic E-state index is 0.771. The Labute approximate surface area is 79.0 Å². The van der Waals surface area contributed by atoms with Crippen LogP contribution in [0.5, 0.6) is 0 Å². The maximum Gasteiger partial charge on any atom is 0.0409 e. The third kappa shape index (κ3) is 2.59. The first-order valence-corrected chi connectivity index (χ1v) is 5.56. The van der Waals surface area contributed by atoms with Crippen LogP contribution >= 0.6 is 11.5 Å². The Morgan fingerprint density at radius 1 is 1.33 bits per heavy atom. The van der Waals surface area contributed by atoms with Gasteiger partial charge in [-0.15, -0.1) is 0 Å². The summed E-state index contributed by atoms with van der Waals surface area (Å²) >= 11 is 1.66. The summed E-state index contributed by atoms with van der Waals surface area (Å²) in [6.45, 7) is 4.51. The summed E-state index contributed by atoms with van der Waals surface area (Å²) < 4.78 is 4.15. The minimum Gasteiger partial charge on any atom is -0.201 e. The molecular formula is C10H17NS. The Kier molecular flexibility index (Phi) is 4.30. The second kappa shape index (κ2) is 5.31. The molecule has 0 bridgehead atoms. The zero-order chi connectivity index (χ0) is 8.81. The van der Waals surface area contributed by atoms with Crippen molar-refractivity contribution >= 4 is 11.5 Å². The van der Waals surface area contributed by atoms with Crippen molar-refractivity contribution in [3.8, 4) is 0 Å². The van der Waals surface area contributed by atoms with E-state index in [9.17, 15) is 0 Å². The van der Waals surface area contributed by atoms with Crippen molar-refractivity contribution in [3.63, 3.8) is 0 Å². The fourth-order valence-electron chi connectivity index (χ4n) is 1.56. The molecule has 0 atom stereocenters. The maximum atomic E-state index is 4.15. The average molecular weight is 183 g/mol. The normalized spacial score (nSPS) is 10.9. The third-order valence-electron chi connectivity index (χ3n) is 2.13. The zero-order valence-electron chi connectivity index (χ0n) is 7.92. The van der Waals surface area contributed by atoms with Gasteiger partial charge in [0.2, 0.25) is 0 Å². The molecule has 0 N–H and O–H groups in total. The van der Waals surface area contributed by atoms with Crippen LogP contribution in [0.1, 0.15) is 50.3 Å². The van der Waals surface area contributed by atoms with E-state index in [1.54, 1.807) is 11.5 Å². The molecule has 0 aromatic carbocycles. The van der Waals surface area contributed by atoms with Crippen molar-refractivity contribution in [2.45, 2.75) is 45.4 Å². The molecule has 0 unspecified atom stereocenters. The van der Waals surface area contributed by atoms with Gasteiger partial charge in [-0.1, -0.05) is 26.7 Å². The van der Waals surface area contributed by atoms with Gasteiger partial charge in [0.25, 0.3) is 0 Å². The molecule has 0 fully saturated rings. The van der Waals surface area contributed by atoms with Gasteiger partial charge in [0.05, 0.1) is 0 Å². The van der Waals surface area contributed by atoms with Crippen LogP contribution in [0.15, 0.2) is 12.3 Å². The van der Waals surface area contributed by atoms with Crippen LogP contribution in [0.3, 0.4) is 0 Å². The van der Waals surface area contributed by atoms with Gasteiger partial charge in [0.15, 0.2) is 0 Å². The summed E-state index contributed by atoms with van der Waals surface area (Å²) in [4.78, 5) is 1.47. The van der Waals surface area contributed by atoms with Crippen LogP contribution in [-0.4, -0.2) is 4.37 Å². The van der Waals surface area contributed by atoms with E-state index in [2.05, 4.69) is 24.3 Å². The fourth-order valence-corrected chi connectivity index (χ4v) is 2.31. The van der Waals surface area contributed by atoms with E-state index in [1.165, 1.54) is 30.6 Å². The molecule has 0 saturated carbocycles. The Morgan fingerprint density at radius 3 is 2.42 bits per heavy atom. The van der Waals surface area contributed by atoms with E-state index in [0.717, 1.165) is 5.92 Å². The Hall–Kier alpha value is -0.370. The first kappa shape index (κ1) is 9.72. The van der Waals surface area contributed by atoms with E-state index in [4.69, 9.17) is 0 Å². The molecule has 0 saturated heterocycles. The molecule has 2 heteroatoms. The fraction of sp³-hybridized carbons (Fsp3) is 0.700. The van der Waals surface area contributed by atoms with Crippen molar-refractivity contribution in [3.05, 3.63) is 17.1 Å². The van der Waals surface area contributed by atoms with E-state index in [1.807, 2.05) is 6.20 Å². The summed E-state index contributed by atoms with van der Waals surface area (Å²) in [7, 11) is 0. The Balaban J connectivity index is 2.53. The van der Waals surface area contributed by atoms with Crippen molar-refractivity contribution in [2.24, 2.45) is 0 Å². The van der Waals surface area contributed by atoms with Crippen LogP contribution in [0.2, 0.25) is 0 Å². The minimum absolute atomic E-state index is 0.771. The van der Waals surface area contributed by atoms with Crippen LogP contribution < -0.4 is 0 Å². The molecule has 0 radical (unpaired) electrons. The van der Waals surface area contributed by atoms with Crippen molar-refractivity contribution in [1.29, 1.82) is 0 Å². The SMILES string of the molecule is CCCC(CCC)c1ccns1. The first-order valence-electron chi connectivity index (χ1n) is 4.79. The highest BCUT2D eigenvalue weighted by atomic mass is 32.1. The predicted octanol–water partition coefficient (Wildman–Crippen LogP) is 3.83. The lowest BCUT2D eigenvalue weighted by Crippen LogP contribution is -1.94. The largest absolute Gasteiger partial charge is 0.201 e. The van der Waals surface area contributed by atoms with E-state index in [0.29, 0.717) is 0 Å². The summed E-state index contributed by atoms with van der Waals surface area (Å²) in [6.07, 6.45) is 7.11. The molecule has 12 heavy (non-hydrogen) atoms. The molecule has 0 aliphatic carbocycles. The van der Waals surface area contributed by atoms with Gasteiger partial charge in [-0.25, -0.2) is 4.37 Å². The monoisotopic (exact) mass is 183 g/mol. The summed E-state index contributed by atoms with van der Waals surface area (Å²) in [5.74, 6) is 0.771. The number of aromatic nitrogens is 1. The van der Waals surface area contributed by atoms with Crippen molar-refractivity contribution < 1.29 is 0 Å². The quantitative estimate of drug-likeness (QED) is 0.676. The molecule has 0 amide bonds. The second-order valence-electron chi connectivity index (χ2n) is 3.19. The Morgan fingerprint density at radius 2 is 2.00 bits per heavy atom. The molecule has 1 aromatic heterocycles. The van der Waals surface area contributed by atoms with Crippen LogP contribution in [0.4, 0.5) is 0 Å². The number of hydrogen-bond acceptors (Lipinski definition) is 2. The lowest BCUT2D eigenvalue weighted by Gasteiger charge is -2.11. The van der Waals surface area contributed by atoms with Gasteiger partial charge in [0.1, 0.15) is 0 Å². The number of hydrogen-bond donors (Lipinski definition) is 0. The number of rotatable bonds is 5. The van der Waals surface area contributed by atoms with Crippen LogP contribution in [-0.2, 0) is 0 Å². The summed E-state index contributed by atoms with van der Waals surface area (Å²) in [5, 5.41) is 0. The molecule has 1 nitrogen and oxygen atoms in total. The highest BCUT2D eigenvalue weighted by Crippen LogP contribution is 2.28. The molecule has 0 spiro atoms. The topological polar surface area (TPSA) is 12.9 Å². The lowest BCUT2D eigenvalue weighted by atomic mass is 9.97. The number of nitrogens with zero attached hydrogens (tertiary/aromatic N) is 1. The average Bonchev–Trinajstić information content (AvgIpc) is 2.56. The predicted molar refractivity (Wildman–Crippen MR) is 54.7 cm³/mol. The van der Waals surface area contributed by atoms with Gasteiger partial charge in [-0.05, 0) is 36.4 Å². The van der Waals surface area contributed by atoms with E-state index < -0.39 is 0 Å². The van der Waals surface area contributed by atoms with Gasteiger partial charge in [-0.3, -0.25) is 0 Å². The molecule has 1 rings (SSSR count). The molecule has 1 aromatic rings. The van der Waals surface area contributed by atoms with Crippen molar-refractivity contribution in [2.75, 3.05) is 0 Å². The zero-order valence-corrected chi connectivity index (χ0v) is 8.73. The first-order chi connectivity index (χ1) is 5.88. The maximum absolute atomic E-state index is 4.15. The highest BCUT2D eigenvalue weighted by molar-refractivity contribution is 7.05. The molecular weight excluding hydrogens is 166 g/mol. The van der Waals surface area contributed by atoms with Gasteiger partial charge in [0, 0.05) is 11.1 Å². The van der Waals surface area contributed by atoms with Gasteiger partial charge in [-0.2, -0.15) is 0 Å². The third-order valence-corrected chi connectivity index (χ3v) is 3.04. The van der Waals surface area contributed by atoms with Crippen molar-refractivity contribution in [1.82, 2.24) is 4.37 Å². The molecule has 1 heterocycles.